The minimum atomic E-state index is -0.0000732. The second kappa shape index (κ2) is 7.56. The molecule has 4 rings (SSSR count). The number of hydrogen-bond acceptors (Lipinski definition) is 7. The van der Waals surface area contributed by atoms with Crippen molar-refractivity contribution in [3.8, 4) is 6.07 Å². The van der Waals surface area contributed by atoms with Crippen LogP contribution in [0, 0.1) is 11.3 Å². The van der Waals surface area contributed by atoms with Gasteiger partial charge < -0.3 is 15.0 Å². The third-order valence-corrected chi connectivity index (χ3v) is 4.59. The summed E-state index contributed by atoms with van der Waals surface area (Å²) in [7, 11) is 0. The number of rotatable bonds is 4. The molecule has 1 saturated heterocycles. The molecule has 27 heavy (non-hydrogen) atoms. The van der Waals surface area contributed by atoms with Gasteiger partial charge in [0.05, 0.1) is 23.3 Å². The molecule has 1 aromatic carbocycles. The molecule has 1 aliphatic heterocycles. The highest BCUT2D eigenvalue weighted by molar-refractivity contribution is 5.95. The van der Waals surface area contributed by atoms with Crippen molar-refractivity contribution in [1.82, 2.24) is 15.0 Å². The Labute approximate surface area is 157 Å². The summed E-state index contributed by atoms with van der Waals surface area (Å²) in [5.41, 5.74) is 2.41. The summed E-state index contributed by atoms with van der Waals surface area (Å²) in [6.07, 6.45) is 5.23. The van der Waals surface area contributed by atoms with Crippen molar-refractivity contribution < 1.29 is 4.74 Å². The number of morpholine rings is 1. The smallest absolute Gasteiger partial charge is 0.222 e. The van der Waals surface area contributed by atoms with Crippen LogP contribution in [-0.4, -0.2) is 46.8 Å². The molecular weight excluding hydrogens is 340 g/mol. The minimum absolute atomic E-state index is 0.0000732. The number of anilines is 2. The second-order valence-electron chi connectivity index (χ2n) is 6.57. The van der Waals surface area contributed by atoms with Crippen LogP contribution in [0.2, 0.25) is 0 Å². The zero-order valence-corrected chi connectivity index (χ0v) is 15.0. The van der Waals surface area contributed by atoms with E-state index < -0.39 is 0 Å². The monoisotopic (exact) mass is 360 g/mol. The lowest BCUT2D eigenvalue weighted by atomic mass is 10.1. The first-order valence-electron chi connectivity index (χ1n) is 8.93. The number of nitrogens with one attached hydrogen (secondary N) is 1. The van der Waals surface area contributed by atoms with Crippen LogP contribution in [0.15, 0.2) is 48.9 Å². The fraction of sp³-hybridized carbons (Fsp3) is 0.300. The van der Waals surface area contributed by atoms with Gasteiger partial charge >= 0.3 is 0 Å². The zero-order chi connectivity index (χ0) is 18.6. The van der Waals surface area contributed by atoms with Crippen LogP contribution in [0.4, 0.5) is 11.6 Å². The molecule has 0 saturated carbocycles. The quantitative estimate of drug-likeness (QED) is 0.765. The van der Waals surface area contributed by atoms with E-state index >= 15 is 0 Å². The molecular formula is C20H20N6O. The van der Waals surface area contributed by atoms with E-state index in [2.05, 4.69) is 38.2 Å². The molecule has 0 unspecified atom stereocenters. The van der Waals surface area contributed by atoms with E-state index in [1.807, 2.05) is 24.3 Å². The molecule has 1 N–H and O–H groups in total. The molecule has 0 bridgehead atoms. The average molecular weight is 360 g/mol. The van der Waals surface area contributed by atoms with Gasteiger partial charge in [0.25, 0.3) is 0 Å². The van der Waals surface area contributed by atoms with Gasteiger partial charge in [-0.05, 0) is 37.3 Å². The third kappa shape index (κ3) is 3.66. The molecule has 7 nitrogen and oxygen atoms in total. The molecule has 3 heterocycles. The molecule has 0 spiro atoms. The predicted octanol–water partition coefficient (Wildman–Crippen LogP) is 2.60. The van der Waals surface area contributed by atoms with Crippen LogP contribution in [-0.2, 0) is 4.74 Å². The van der Waals surface area contributed by atoms with Gasteiger partial charge in [-0.15, -0.1) is 0 Å². The molecule has 7 heteroatoms. The Morgan fingerprint density at radius 2 is 1.96 bits per heavy atom. The highest BCUT2D eigenvalue weighted by atomic mass is 16.5. The normalized spacial score (nSPS) is 19.6. The number of hydrogen-bond donors (Lipinski definition) is 1. The molecule has 2 atom stereocenters. The lowest BCUT2D eigenvalue weighted by Gasteiger charge is -2.38. The fourth-order valence-corrected chi connectivity index (χ4v) is 3.47. The fourth-order valence-electron chi connectivity index (χ4n) is 3.47. The van der Waals surface area contributed by atoms with Gasteiger partial charge in [0, 0.05) is 49.3 Å². The molecule has 1 aliphatic rings. The summed E-state index contributed by atoms with van der Waals surface area (Å²) < 4.78 is 6.09. The maximum atomic E-state index is 9.36. The average Bonchev–Trinajstić information content (AvgIpc) is 2.72. The standard InChI is InChI=1S/C20H20N6O/c1-14-12-26(13-16(27-14)11-25-20-23-8-3-9-24-20)18-6-5-15(10-21)19-17(18)4-2-7-22-19/h2-9,14,16H,11-13H2,1H3,(H,23,24,25)/t14-,16+/m1/s1. The van der Waals surface area contributed by atoms with Crippen LogP contribution in [0.25, 0.3) is 10.9 Å². The Balaban J connectivity index is 1.57. The number of pyridine rings is 1. The van der Waals surface area contributed by atoms with Crippen molar-refractivity contribution >= 4 is 22.5 Å². The summed E-state index contributed by atoms with van der Waals surface area (Å²) >= 11 is 0. The summed E-state index contributed by atoms with van der Waals surface area (Å²) in [5, 5.41) is 13.6. The summed E-state index contributed by atoms with van der Waals surface area (Å²) in [6.45, 7) is 4.22. The van der Waals surface area contributed by atoms with Gasteiger partial charge in [0.15, 0.2) is 0 Å². The summed E-state index contributed by atoms with van der Waals surface area (Å²) in [4.78, 5) is 15.1. The number of aromatic nitrogens is 3. The molecule has 3 aromatic rings. The van der Waals surface area contributed by atoms with E-state index in [0.717, 1.165) is 29.7 Å². The van der Waals surface area contributed by atoms with Crippen LogP contribution in [0.1, 0.15) is 12.5 Å². The molecule has 136 valence electrons. The number of benzene rings is 1. The van der Waals surface area contributed by atoms with Crippen LogP contribution in [0.3, 0.4) is 0 Å². The van der Waals surface area contributed by atoms with Crippen LogP contribution in [0.5, 0.6) is 0 Å². The predicted molar refractivity (Wildman–Crippen MR) is 104 cm³/mol. The van der Waals surface area contributed by atoms with E-state index in [0.29, 0.717) is 18.1 Å². The van der Waals surface area contributed by atoms with Gasteiger partial charge in [0.1, 0.15) is 6.07 Å². The number of ether oxygens (including phenoxy) is 1. The van der Waals surface area contributed by atoms with Gasteiger partial charge in [-0.3, -0.25) is 4.98 Å². The highest BCUT2D eigenvalue weighted by Crippen LogP contribution is 2.30. The zero-order valence-electron chi connectivity index (χ0n) is 15.0. The van der Waals surface area contributed by atoms with E-state index in [1.165, 1.54) is 0 Å². The Bertz CT molecular complexity index is 971. The molecule has 0 aliphatic carbocycles. The molecule has 1 fully saturated rings. The van der Waals surface area contributed by atoms with Gasteiger partial charge in [-0.1, -0.05) is 0 Å². The van der Waals surface area contributed by atoms with Crippen molar-refractivity contribution in [2.45, 2.75) is 19.1 Å². The maximum absolute atomic E-state index is 9.36. The van der Waals surface area contributed by atoms with Crippen molar-refractivity contribution in [1.29, 1.82) is 5.26 Å². The number of nitriles is 1. The van der Waals surface area contributed by atoms with Crippen LogP contribution < -0.4 is 10.2 Å². The Morgan fingerprint density at radius 1 is 1.15 bits per heavy atom. The van der Waals surface area contributed by atoms with Crippen molar-refractivity contribution in [3.05, 3.63) is 54.5 Å². The Kier molecular flexibility index (Phi) is 4.81. The van der Waals surface area contributed by atoms with E-state index in [-0.39, 0.29) is 12.2 Å². The largest absolute Gasteiger partial charge is 0.370 e. The molecule has 0 radical (unpaired) electrons. The minimum Gasteiger partial charge on any atom is -0.370 e. The summed E-state index contributed by atoms with van der Waals surface area (Å²) in [6, 6.07) is 11.8. The van der Waals surface area contributed by atoms with E-state index in [4.69, 9.17) is 4.74 Å². The van der Waals surface area contributed by atoms with Crippen molar-refractivity contribution in [3.63, 3.8) is 0 Å². The van der Waals surface area contributed by atoms with Crippen LogP contribution >= 0.6 is 0 Å². The van der Waals surface area contributed by atoms with Gasteiger partial charge in [0.2, 0.25) is 5.95 Å². The van der Waals surface area contributed by atoms with E-state index in [1.54, 1.807) is 24.7 Å². The van der Waals surface area contributed by atoms with Gasteiger partial charge in [-0.2, -0.15) is 5.26 Å². The van der Waals surface area contributed by atoms with Crippen molar-refractivity contribution in [2.75, 3.05) is 29.9 Å². The second-order valence-corrected chi connectivity index (χ2v) is 6.57. The first-order valence-corrected chi connectivity index (χ1v) is 8.93. The maximum Gasteiger partial charge on any atom is 0.222 e. The molecule has 0 amide bonds. The molecule has 2 aromatic heterocycles. The Morgan fingerprint density at radius 3 is 2.78 bits per heavy atom. The topological polar surface area (TPSA) is 87.0 Å². The van der Waals surface area contributed by atoms with Crippen molar-refractivity contribution in [2.24, 2.45) is 0 Å². The highest BCUT2D eigenvalue weighted by Gasteiger charge is 2.26. The lowest BCUT2D eigenvalue weighted by molar-refractivity contribution is -0.00827. The first-order chi connectivity index (χ1) is 13.2. The SMILES string of the molecule is C[C@@H]1CN(c2ccc(C#N)c3ncccc23)C[C@H](CNc2ncccn2)O1. The Hall–Kier alpha value is -3.24. The summed E-state index contributed by atoms with van der Waals surface area (Å²) in [5.74, 6) is 0.596. The lowest BCUT2D eigenvalue weighted by Crippen LogP contribution is -2.49. The number of nitrogens with zero attached hydrogens (tertiary/aromatic N) is 5. The van der Waals surface area contributed by atoms with E-state index in [9.17, 15) is 5.26 Å². The first kappa shape index (κ1) is 17.2. The third-order valence-electron chi connectivity index (χ3n) is 4.59. The van der Waals surface area contributed by atoms with Gasteiger partial charge in [-0.25, -0.2) is 9.97 Å². The number of fused-ring (bicyclic) bond motifs is 1.